The molecule has 1 N–H and O–H groups in total. The fraction of sp³-hybridized carbons (Fsp3) is 0.517. The Labute approximate surface area is 229 Å². The van der Waals surface area contributed by atoms with E-state index < -0.39 is 0 Å². The topological polar surface area (TPSA) is 85.8 Å². The number of urea groups is 1. The molecule has 2 atom stereocenters. The number of thioether (sulfide) groups is 1. The summed E-state index contributed by atoms with van der Waals surface area (Å²) in [5, 5.41) is 2.77. The van der Waals surface area contributed by atoms with Crippen LogP contribution in [0.15, 0.2) is 48.8 Å². The van der Waals surface area contributed by atoms with E-state index in [-0.39, 0.29) is 40.9 Å². The standard InChI is InChI=1S/C29H37N5O3S/c1-20(2)17-27-33(16-9-21-7-12-30-13-8-21)28(36)25(38-27)18-26(35)32-14-10-23(11-15-32)34-19-22-5-3-4-6-24(22)31-29(34)37/h3-8,12-13,20,23,25,27H,9-11,14-19H2,1-2H3,(H,31,37). The van der Waals surface area contributed by atoms with Crippen molar-refractivity contribution < 1.29 is 14.4 Å². The van der Waals surface area contributed by atoms with E-state index in [1.165, 1.54) is 0 Å². The molecule has 3 aliphatic rings. The summed E-state index contributed by atoms with van der Waals surface area (Å²) in [6.45, 7) is 6.83. The van der Waals surface area contributed by atoms with E-state index in [0.717, 1.165) is 42.5 Å². The fourth-order valence-electron chi connectivity index (χ4n) is 5.65. The first-order valence-corrected chi connectivity index (χ1v) is 14.6. The summed E-state index contributed by atoms with van der Waals surface area (Å²) in [4.78, 5) is 49.2. The van der Waals surface area contributed by atoms with E-state index in [1.54, 1.807) is 24.2 Å². The third kappa shape index (κ3) is 5.98. The second-order valence-corrected chi connectivity index (χ2v) is 12.3. The zero-order valence-electron chi connectivity index (χ0n) is 22.2. The molecule has 2 unspecified atom stereocenters. The highest BCUT2D eigenvalue weighted by molar-refractivity contribution is 8.01. The number of carbonyl (C=O) groups is 3. The van der Waals surface area contributed by atoms with E-state index in [9.17, 15) is 14.4 Å². The van der Waals surface area contributed by atoms with Crippen LogP contribution in [0.3, 0.4) is 0 Å². The largest absolute Gasteiger partial charge is 0.342 e. The maximum atomic E-state index is 13.4. The average Bonchev–Trinajstić information content (AvgIpc) is 3.20. The van der Waals surface area contributed by atoms with Crippen LogP contribution in [0.25, 0.3) is 0 Å². The van der Waals surface area contributed by atoms with Crippen molar-refractivity contribution in [3.63, 3.8) is 0 Å². The summed E-state index contributed by atoms with van der Waals surface area (Å²) in [6, 6.07) is 11.9. The van der Waals surface area contributed by atoms with Gasteiger partial charge in [-0.3, -0.25) is 14.6 Å². The van der Waals surface area contributed by atoms with Gasteiger partial charge in [-0.15, -0.1) is 11.8 Å². The number of pyridine rings is 1. The maximum Gasteiger partial charge on any atom is 0.322 e. The number of amides is 4. The maximum absolute atomic E-state index is 13.4. The van der Waals surface area contributed by atoms with Gasteiger partial charge in [-0.2, -0.15) is 0 Å². The Morgan fingerprint density at radius 1 is 1.11 bits per heavy atom. The minimum atomic E-state index is -0.328. The predicted molar refractivity (Wildman–Crippen MR) is 149 cm³/mol. The monoisotopic (exact) mass is 535 g/mol. The summed E-state index contributed by atoms with van der Waals surface area (Å²) in [5.74, 6) is 0.597. The van der Waals surface area contributed by atoms with E-state index in [0.29, 0.717) is 32.1 Å². The summed E-state index contributed by atoms with van der Waals surface area (Å²) in [6.07, 6.45) is 7.01. The number of fused-ring (bicyclic) bond motifs is 1. The Hall–Kier alpha value is -3.07. The number of carbonyl (C=O) groups excluding carboxylic acids is 3. The van der Waals surface area contributed by atoms with E-state index >= 15 is 0 Å². The molecule has 1 aromatic heterocycles. The minimum absolute atomic E-state index is 0.0435. The van der Waals surface area contributed by atoms with Gasteiger partial charge < -0.3 is 20.0 Å². The first-order valence-electron chi connectivity index (χ1n) is 13.7. The first-order chi connectivity index (χ1) is 18.4. The van der Waals surface area contributed by atoms with Crippen LogP contribution in [0.4, 0.5) is 10.5 Å². The predicted octanol–water partition coefficient (Wildman–Crippen LogP) is 4.37. The second kappa shape index (κ2) is 11.8. The van der Waals surface area contributed by atoms with Crippen LogP contribution in [0.1, 0.15) is 50.7 Å². The molecule has 0 bridgehead atoms. The van der Waals surface area contributed by atoms with Crippen molar-refractivity contribution in [2.75, 3.05) is 25.0 Å². The number of para-hydroxylation sites is 1. The first kappa shape index (κ1) is 26.5. The van der Waals surface area contributed by atoms with Crippen molar-refractivity contribution in [3.05, 3.63) is 59.9 Å². The molecular weight excluding hydrogens is 498 g/mol. The van der Waals surface area contributed by atoms with Gasteiger partial charge in [0.15, 0.2) is 0 Å². The lowest BCUT2D eigenvalue weighted by atomic mass is 10.0. The van der Waals surface area contributed by atoms with Crippen LogP contribution >= 0.6 is 11.8 Å². The van der Waals surface area contributed by atoms with E-state index in [1.807, 2.05) is 51.1 Å². The normalized spacial score (nSPS) is 22.1. The summed E-state index contributed by atoms with van der Waals surface area (Å²) < 4.78 is 0. The van der Waals surface area contributed by atoms with Crippen molar-refractivity contribution in [2.45, 2.75) is 69.2 Å². The Bertz CT molecular complexity index is 1150. The molecule has 4 amide bonds. The molecule has 0 radical (unpaired) electrons. The van der Waals surface area contributed by atoms with Crippen LogP contribution in [0.5, 0.6) is 0 Å². The van der Waals surface area contributed by atoms with Crippen LogP contribution < -0.4 is 5.32 Å². The van der Waals surface area contributed by atoms with Gasteiger partial charge in [-0.25, -0.2) is 4.79 Å². The molecule has 2 aromatic rings. The minimum Gasteiger partial charge on any atom is -0.342 e. The van der Waals surface area contributed by atoms with Gasteiger partial charge in [0.2, 0.25) is 11.8 Å². The van der Waals surface area contributed by atoms with Gasteiger partial charge in [-0.1, -0.05) is 32.0 Å². The number of likely N-dealkylation sites (tertiary alicyclic amines) is 1. The zero-order valence-corrected chi connectivity index (χ0v) is 23.0. The van der Waals surface area contributed by atoms with Crippen LogP contribution in [0, 0.1) is 5.92 Å². The van der Waals surface area contributed by atoms with Crippen molar-refractivity contribution in [3.8, 4) is 0 Å². The SMILES string of the molecule is CC(C)CC1SC(CC(=O)N2CCC(N3Cc4ccccc4NC3=O)CC2)C(=O)N1CCc1ccncc1. The highest BCUT2D eigenvalue weighted by Crippen LogP contribution is 2.37. The second-order valence-electron chi connectivity index (χ2n) is 10.9. The highest BCUT2D eigenvalue weighted by atomic mass is 32.2. The number of aromatic nitrogens is 1. The molecule has 2 saturated heterocycles. The molecule has 0 aliphatic carbocycles. The summed E-state index contributed by atoms with van der Waals surface area (Å²) in [5.41, 5.74) is 3.16. The smallest absolute Gasteiger partial charge is 0.322 e. The van der Waals surface area contributed by atoms with Gasteiger partial charge in [-0.05, 0) is 60.9 Å². The van der Waals surface area contributed by atoms with Crippen molar-refractivity contribution in [1.29, 1.82) is 0 Å². The zero-order chi connectivity index (χ0) is 26.6. The van der Waals surface area contributed by atoms with Crippen molar-refractivity contribution in [2.24, 2.45) is 5.92 Å². The van der Waals surface area contributed by atoms with Crippen molar-refractivity contribution in [1.82, 2.24) is 19.7 Å². The highest BCUT2D eigenvalue weighted by Gasteiger charge is 2.42. The van der Waals surface area contributed by atoms with E-state index in [2.05, 4.69) is 24.1 Å². The summed E-state index contributed by atoms with van der Waals surface area (Å²) >= 11 is 1.66. The summed E-state index contributed by atoms with van der Waals surface area (Å²) in [7, 11) is 0. The molecule has 1 aromatic carbocycles. The number of benzene rings is 1. The number of anilines is 1. The van der Waals surface area contributed by atoms with Crippen LogP contribution in [-0.2, 0) is 22.6 Å². The molecule has 38 heavy (non-hydrogen) atoms. The molecule has 8 nitrogen and oxygen atoms in total. The molecule has 5 rings (SSSR count). The van der Waals surface area contributed by atoms with Gasteiger partial charge in [0.1, 0.15) is 0 Å². The quantitative estimate of drug-likeness (QED) is 0.543. The molecule has 4 heterocycles. The third-order valence-corrected chi connectivity index (χ3v) is 9.23. The number of hydrogen-bond acceptors (Lipinski definition) is 5. The molecular formula is C29H37N5O3S. The Morgan fingerprint density at radius 3 is 2.58 bits per heavy atom. The van der Waals surface area contributed by atoms with Crippen LogP contribution in [-0.4, -0.2) is 73.8 Å². The molecule has 0 saturated carbocycles. The fourth-order valence-corrected chi connectivity index (χ4v) is 7.38. The Balaban J connectivity index is 1.15. The Morgan fingerprint density at radius 2 is 1.84 bits per heavy atom. The average molecular weight is 536 g/mol. The number of nitrogens with one attached hydrogen (secondary N) is 1. The van der Waals surface area contributed by atoms with Gasteiger partial charge in [0, 0.05) is 56.7 Å². The molecule has 2 fully saturated rings. The number of piperidine rings is 1. The molecule has 9 heteroatoms. The number of nitrogens with zero attached hydrogens (tertiary/aromatic N) is 4. The van der Waals surface area contributed by atoms with Crippen molar-refractivity contribution >= 4 is 35.3 Å². The molecule has 0 spiro atoms. The van der Waals surface area contributed by atoms with Gasteiger partial charge >= 0.3 is 6.03 Å². The third-order valence-electron chi connectivity index (χ3n) is 7.77. The molecule has 202 valence electrons. The lowest BCUT2D eigenvalue weighted by Gasteiger charge is -2.40. The number of hydrogen-bond donors (Lipinski definition) is 1. The van der Waals surface area contributed by atoms with E-state index in [4.69, 9.17) is 0 Å². The molecule has 3 aliphatic heterocycles. The lowest BCUT2D eigenvalue weighted by molar-refractivity contribution is -0.136. The van der Waals surface area contributed by atoms with Gasteiger partial charge in [0.05, 0.1) is 10.6 Å². The van der Waals surface area contributed by atoms with Gasteiger partial charge in [0.25, 0.3) is 0 Å². The number of rotatable bonds is 8. The Kier molecular flexibility index (Phi) is 8.21. The van der Waals surface area contributed by atoms with Crippen LogP contribution in [0.2, 0.25) is 0 Å². The lowest BCUT2D eigenvalue weighted by Crippen LogP contribution is -2.51.